The van der Waals surface area contributed by atoms with Gasteiger partial charge in [0.05, 0.1) is 12.2 Å². The molecule has 0 bridgehead atoms. The molecule has 0 unspecified atom stereocenters. The summed E-state index contributed by atoms with van der Waals surface area (Å²) in [5.74, 6) is -1.36. The molecule has 0 aliphatic heterocycles. The van der Waals surface area contributed by atoms with Crippen molar-refractivity contribution in [1.29, 1.82) is 0 Å². The van der Waals surface area contributed by atoms with E-state index in [4.69, 9.17) is 18.8 Å². The minimum atomic E-state index is -0.659. The molecule has 1 radical (unpaired) electrons. The van der Waals surface area contributed by atoms with Crippen molar-refractivity contribution in [2.24, 2.45) is 0 Å². The third-order valence-electron chi connectivity index (χ3n) is 2.93. The molecule has 0 N–H and O–H groups in total. The molecule has 2 aromatic carbocycles. The second kappa shape index (κ2) is 8.60. The lowest BCUT2D eigenvalue weighted by Crippen LogP contribution is -2.14. The molecule has 0 aromatic heterocycles. The lowest BCUT2D eigenvalue weighted by atomic mass is 10.2. The van der Waals surface area contributed by atoms with Crippen LogP contribution in [0.4, 0.5) is 8.78 Å². The Hall–Kier alpha value is -2.44. The molecule has 0 fully saturated rings. The Morgan fingerprint density at radius 3 is 1.40 bits per heavy atom. The number of hydrogen-bond acceptors (Lipinski definition) is 4. The molecule has 2 aromatic rings. The average Bonchev–Trinajstić information content (AvgIpc) is 2.53. The zero-order valence-electron chi connectivity index (χ0n) is 14.6. The van der Waals surface area contributed by atoms with E-state index in [-0.39, 0.29) is 35.2 Å². The first-order chi connectivity index (χ1) is 11.9. The van der Waals surface area contributed by atoms with E-state index < -0.39 is 11.6 Å². The van der Waals surface area contributed by atoms with Crippen molar-refractivity contribution in [2.45, 2.75) is 39.9 Å². The maximum absolute atomic E-state index is 14.2. The Morgan fingerprint density at radius 2 is 1.04 bits per heavy atom. The Balaban J connectivity index is 2.02. The molecule has 0 heterocycles. The van der Waals surface area contributed by atoms with E-state index in [1.807, 2.05) is 0 Å². The van der Waals surface area contributed by atoms with Crippen LogP contribution < -0.4 is 18.8 Å². The number of benzene rings is 2. The van der Waals surface area contributed by atoms with Crippen molar-refractivity contribution in [3.05, 3.63) is 48.0 Å². The lowest BCUT2D eigenvalue weighted by Gasteiger charge is -2.14. The minimum absolute atomic E-state index is 0.0689. The molecule has 0 saturated carbocycles. The summed E-state index contributed by atoms with van der Waals surface area (Å²) in [5.41, 5.74) is 0. The van der Waals surface area contributed by atoms with Gasteiger partial charge in [-0.2, -0.15) is 8.78 Å². The number of halogens is 2. The third kappa shape index (κ3) is 5.27. The maximum atomic E-state index is 14.2. The zero-order valence-corrected chi connectivity index (χ0v) is 14.6. The van der Waals surface area contributed by atoms with Gasteiger partial charge in [-0.15, -0.1) is 0 Å². The first-order valence-electron chi connectivity index (χ1n) is 7.93. The topological polar surface area (TPSA) is 36.9 Å². The normalized spacial score (nSPS) is 10.7. The Labute approximate surface area is 147 Å². The highest BCUT2D eigenvalue weighted by atomic mass is 19.1. The molecule has 25 heavy (non-hydrogen) atoms. The summed E-state index contributed by atoms with van der Waals surface area (Å²) in [5, 5.41) is 0. The van der Waals surface area contributed by atoms with Crippen molar-refractivity contribution < 1.29 is 27.6 Å². The Kier molecular flexibility index (Phi) is 6.50. The van der Waals surface area contributed by atoms with Gasteiger partial charge >= 0.3 is 7.69 Å². The quantitative estimate of drug-likeness (QED) is 0.656. The lowest BCUT2D eigenvalue weighted by molar-refractivity contribution is 0.228. The van der Waals surface area contributed by atoms with Crippen LogP contribution in [-0.4, -0.2) is 19.9 Å². The minimum Gasteiger partial charge on any atom is -0.524 e. The van der Waals surface area contributed by atoms with Gasteiger partial charge in [-0.25, -0.2) is 0 Å². The summed E-state index contributed by atoms with van der Waals surface area (Å²) in [6.07, 6.45) is -0.356. The number of ether oxygens (including phenoxy) is 2. The van der Waals surface area contributed by atoms with E-state index in [1.165, 1.54) is 24.3 Å². The monoisotopic (exact) mass is 349 g/mol. The molecule has 0 saturated heterocycles. The van der Waals surface area contributed by atoms with Gasteiger partial charge in [0.1, 0.15) is 11.5 Å². The molecule has 0 atom stereocenters. The summed E-state index contributed by atoms with van der Waals surface area (Å²) in [7, 11) is 0.856. The summed E-state index contributed by atoms with van der Waals surface area (Å²) < 4.78 is 49.4. The summed E-state index contributed by atoms with van der Waals surface area (Å²) in [4.78, 5) is 0. The van der Waals surface area contributed by atoms with Gasteiger partial charge in [0.25, 0.3) is 0 Å². The molecule has 0 spiro atoms. The van der Waals surface area contributed by atoms with Crippen molar-refractivity contribution in [3.63, 3.8) is 0 Å². The molecular weight excluding hydrogens is 329 g/mol. The highest BCUT2D eigenvalue weighted by Crippen LogP contribution is 2.29. The standard InChI is InChI=1S/C18H20BF2O4/c1-11(2)22-13-7-5-9-15(17(13)20)24-19-25-16-10-6-8-14(18(16)21)23-12(3)4/h5-12H,1-4H3. The number of hydrogen-bond donors (Lipinski definition) is 0. The van der Waals surface area contributed by atoms with Gasteiger partial charge in [0.2, 0.25) is 11.6 Å². The van der Waals surface area contributed by atoms with Crippen molar-refractivity contribution >= 4 is 7.69 Å². The first kappa shape index (κ1) is 18.9. The van der Waals surface area contributed by atoms with Gasteiger partial charge in [-0.1, -0.05) is 12.1 Å². The van der Waals surface area contributed by atoms with Gasteiger partial charge in [0, 0.05) is 0 Å². The van der Waals surface area contributed by atoms with Gasteiger partial charge < -0.3 is 18.8 Å². The van der Waals surface area contributed by atoms with Crippen molar-refractivity contribution in [3.8, 4) is 23.0 Å². The van der Waals surface area contributed by atoms with Crippen LogP contribution in [0, 0.1) is 11.6 Å². The summed E-state index contributed by atoms with van der Waals surface area (Å²) >= 11 is 0. The molecule has 7 heteroatoms. The highest BCUT2D eigenvalue weighted by molar-refractivity contribution is 6.20. The molecule has 0 aliphatic rings. The SMILES string of the molecule is CC(C)Oc1cccc(O[B]Oc2cccc(OC(C)C)c2F)c1F. The largest absolute Gasteiger partial charge is 0.658 e. The van der Waals surface area contributed by atoms with Crippen LogP contribution in [0.3, 0.4) is 0 Å². The molecule has 0 aliphatic carbocycles. The van der Waals surface area contributed by atoms with E-state index in [1.54, 1.807) is 39.8 Å². The fourth-order valence-electron chi connectivity index (χ4n) is 1.98. The van der Waals surface area contributed by atoms with Gasteiger partial charge in [-0.05, 0) is 52.0 Å². The average molecular weight is 349 g/mol. The van der Waals surface area contributed by atoms with Crippen molar-refractivity contribution in [1.82, 2.24) is 0 Å². The maximum Gasteiger partial charge on any atom is 0.658 e. The van der Waals surface area contributed by atoms with Crippen molar-refractivity contribution in [2.75, 3.05) is 0 Å². The van der Waals surface area contributed by atoms with Crippen LogP contribution in [-0.2, 0) is 0 Å². The van der Waals surface area contributed by atoms with Crippen LogP contribution >= 0.6 is 0 Å². The third-order valence-corrected chi connectivity index (χ3v) is 2.93. The Morgan fingerprint density at radius 1 is 0.680 bits per heavy atom. The number of rotatable bonds is 8. The molecular formula is C18H20BF2O4. The van der Waals surface area contributed by atoms with E-state index in [2.05, 4.69) is 0 Å². The predicted molar refractivity (Wildman–Crippen MR) is 91.3 cm³/mol. The molecule has 133 valence electrons. The second-order valence-electron chi connectivity index (χ2n) is 5.80. The van der Waals surface area contributed by atoms with Crippen LogP contribution in [0.1, 0.15) is 27.7 Å². The molecule has 4 nitrogen and oxygen atoms in total. The summed E-state index contributed by atoms with van der Waals surface area (Å²) in [6, 6.07) is 8.99. The molecule has 2 rings (SSSR count). The Bertz CT molecular complexity index is 648. The predicted octanol–water partition coefficient (Wildman–Crippen LogP) is 4.53. The van der Waals surface area contributed by atoms with Crippen LogP contribution in [0.15, 0.2) is 36.4 Å². The van der Waals surface area contributed by atoms with Gasteiger partial charge in [-0.3, -0.25) is 0 Å². The van der Waals surface area contributed by atoms with Crippen LogP contribution in [0.5, 0.6) is 23.0 Å². The van der Waals surface area contributed by atoms with E-state index in [0.29, 0.717) is 0 Å². The van der Waals surface area contributed by atoms with Crippen LogP contribution in [0.25, 0.3) is 0 Å². The first-order valence-corrected chi connectivity index (χ1v) is 7.93. The van der Waals surface area contributed by atoms with E-state index in [9.17, 15) is 8.78 Å². The zero-order chi connectivity index (χ0) is 18.4. The fourth-order valence-corrected chi connectivity index (χ4v) is 1.98. The second-order valence-corrected chi connectivity index (χ2v) is 5.80. The van der Waals surface area contributed by atoms with Gasteiger partial charge in [0.15, 0.2) is 11.5 Å². The highest BCUT2D eigenvalue weighted by Gasteiger charge is 2.16. The summed E-state index contributed by atoms with van der Waals surface area (Å²) in [6.45, 7) is 7.16. The van der Waals surface area contributed by atoms with E-state index in [0.717, 1.165) is 7.69 Å². The fraction of sp³-hybridized carbons (Fsp3) is 0.333. The van der Waals surface area contributed by atoms with E-state index >= 15 is 0 Å². The van der Waals surface area contributed by atoms with Crippen LogP contribution in [0.2, 0.25) is 0 Å². The smallest absolute Gasteiger partial charge is 0.524 e. The molecule has 0 amide bonds.